The van der Waals surface area contributed by atoms with Gasteiger partial charge in [-0.25, -0.2) is 0 Å². The predicted molar refractivity (Wildman–Crippen MR) is 445 cm³/mol. The average molecular weight is 1340 g/mol. The maximum atomic E-state index is 2.40. The van der Waals surface area contributed by atoms with Gasteiger partial charge in [-0.2, -0.15) is 0 Å². The van der Waals surface area contributed by atoms with E-state index < -0.39 is 0 Å². The first-order valence-electron chi connectivity index (χ1n) is 36.3. The molecule has 17 aromatic carbocycles. The first-order chi connectivity index (χ1) is 51.8. The van der Waals surface area contributed by atoms with E-state index in [0.717, 1.165) is 45.5 Å². The van der Waals surface area contributed by atoms with Crippen molar-refractivity contribution >= 4 is 99.3 Å². The highest BCUT2D eigenvalue weighted by molar-refractivity contribution is 6.21. The zero-order valence-electron chi connectivity index (χ0n) is 58.4. The van der Waals surface area contributed by atoms with Crippen LogP contribution in [0.15, 0.2) is 400 Å². The maximum Gasteiger partial charge on any atom is 0.0547 e. The Bertz CT molecular complexity index is 6380. The quantitative estimate of drug-likeness (QED) is 0.121. The van der Waals surface area contributed by atoms with Gasteiger partial charge in [0.15, 0.2) is 0 Å². The molecule has 2 heterocycles. The Hall–Kier alpha value is -13.5. The van der Waals surface area contributed by atoms with Crippen LogP contribution in [0.1, 0.15) is 25.0 Å². The smallest absolute Gasteiger partial charge is 0.0547 e. The molecule has 4 heteroatoms. The second-order valence-corrected chi connectivity index (χ2v) is 28.0. The standard InChI is InChI=1S/C51H38N2.C50H34N2/c1-51(2)47-17-9-6-14-43(47)44-33-32-42(34-48(44)51)52(39-26-20-36(21-27-39)35-12-4-3-5-13-35)40-28-22-37(23-29-40)38-24-30-41(31-25-38)53-49-18-10-7-15-45(49)46-16-8-11-19-50(46)53;1-2-13-42(14-3-1)51(44-29-24-38(25-30-44)41-19-18-35-10-4-5-12-40(35)34-41)43-27-20-36(21-28-43)37-22-31-45(32-23-37)52-48-17-9-8-16-47(48)50-46-15-7-6-11-39(46)26-33-49(50)52/h3-34H,1-2H3;1-34H. The number of nitrogens with zero attached hydrogens (tertiary/aromatic N) is 4. The Labute approximate surface area is 612 Å². The molecule has 496 valence electrons. The van der Waals surface area contributed by atoms with Crippen molar-refractivity contribution in [2.45, 2.75) is 19.3 Å². The van der Waals surface area contributed by atoms with Gasteiger partial charge in [-0.05, 0) is 216 Å². The molecule has 0 amide bonds. The fraction of sp³-hybridized carbons (Fsp3) is 0.0297. The minimum atomic E-state index is -0.0833. The van der Waals surface area contributed by atoms with Gasteiger partial charge in [-0.1, -0.05) is 287 Å². The Morgan fingerprint density at radius 3 is 1.11 bits per heavy atom. The van der Waals surface area contributed by atoms with Crippen LogP contribution in [0, 0.1) is 0 Å². The largest absolute Gasteiger partial charge is 0.311 e. The van der Waals surface area contributed by atoms with Crippen LogP contribution in [0.3, 0.4) is 0 Å². The van der Waals surface area contributed by atoms with Gasteiger partial charge in [0.25, 0.3) is 0 Å². The number of anilines is 6. The highest BCUT2D eigenvalue weighted by atomic mass is 15.1. The molecule has 0 bridgehead atoms. The summed E-state index contributed by atoms with van der Waals surface area (Å²) in [6, 6.07) is 145. The lowest BCUT2D eigenvalue weighted by atomic mass is 9.82. The van der Waals surface area contributed by atoms with Crippen LogP contribution in [0.4, 0.5) is 34.1 Å². The van der Waals surface area contributed by atoms with Gasteiger partial charge in [0.2, 0.25) is 0 Å². The van der Waals surface area contributed by atoms with Gasteiger partial charge in [-0.3, -0.25) is 0 Å². The molecule has 4 nitrogen and oxygen atoms in total. The molecule has 1 aliphatic rings. The molecular formula is C101H72N4. The normalized spacial score (nSPS) is 12.2. The van der Waals surface area contributed by atoms with Crippen LogP contribution >= 0.6 is 0 Å². The fourth-order valence-electron chi connectivity index (χ4n) is 16.3. The summed E-state index contributed by atoms with van der Waals surface area (Å²) in [4.78, 5) is 4.71. The Morgan fingerprint density at radius 2 is 0.562 bits per heavy atom. The molecule has 0 aliphatic heterocycles. The van der Waals surface area contributed by atoms with Gasteiger partial charge in [-0.15, -0.1) is 0 Å². The summed E-state index contributed by atoms with van der Waals surface area (Å²) in [5, 5.41) is 10.2. The van der Waals surface area contributed by atoms with E-state index in [1.807, 2.05) is 0 Å². The number of rotatable bonds is 12. The highest BCUT2D eigenvalue weighted by Gasteiger charge is 2.36. The first kappa shape index (κ1) is 62.5. The van der Waals surface area contributed by atoms with Gasteiger partial charge in [0, 0.05) is 72.5 Å². The van der Waals surface area contributed by atoms with E-state index in [4.69, 9.17) is 0 Å². The van der Waals surface area contributed by atoms with E-state index in [-0.39, 0.29) is 5.41 Å². The number of benzene rings is 17. The van der Waals surface area contributed by atoms with Crippen LogP contribution in [0.5, 0.6) is 0 Å². The van der Waals surface area contributed by atoms with Crippen LogP contribution in [0.25, 0.3) is 132 Å². The number of aromatic nitrogens is 2. The van der Waals surface area contributed by atoms with Crippen molar-refractivity contribution in [2.24, 2.45) is 0 Å². The molecule has 0 saturated heterocycles. The fourth-order valence-corrected chi connectivity index (χ4v) is 16.3. The minimum absolute atomic E-state index is 0.0833. The van der Waals surface area contributed by atoms with Crippen molar-refractivity contribution in [3.05, 3.63) is 412 Å². The van der Waals surface area contributed by atoms with Crippen molar-refractivity contribution < 1.29 is 0 Å². The number of fused-ring (bicyclic) bond motifs is 12. The summed E-state index contributed by atoms with van der Waals surface area (Å²) < 4.78 is 4.77. The van der Waals surface area contributed by atoms with Crippen LogP contribution in [-0.2, 0) is 5.41 Å². The SMILES string of the molecule is CC1(C)c2ccccc2-c2ccc(N(c3ccc(-c4ccccc4)cc3)c3ccc(-c4ccc(-n5c6ccccc6c6ccccc65)cc4)cc3)cc21.c1ccc(N(c2ccc(-c3ccc(-n4c5ccccc5c5c6ccccc6ccc54)cc3)cc2)c2ccc(-c3ccc4ccccc4c3)cc2)cc1. The molecule has 0 unspecified atom stereocenters. The van der Waals surface area contributed by atoms with Crippen LogP contribution in [-0.4, -0.2) is 9.13 Å². The Balaban J connectivity index is 0.000000144. The van der Waals surface area contributed by atoms with Crippen LogP contribution in [0.2, 0.25) is 0 Å². The van der Waals surface area contributed by atoms with Crippen molar-refractivity contribution in [2.75, 3.05) is 9.80 Å². The molecule has 2 aromatic heterocycles. The van der Waals surface area contributed by atoms with E-state index in [9.17, 15) is 0 Å². The third-order valence-corrected chi connectivity index (χ3v) is 21.6. The zero-order valence-corrected chi connectivity index (χ0v) is 58.4. The molecule has 0 atom stereocenters. The summed E-state index contributed by atoms with van der Waals surface area (Å²) in [7, 11) is 0. The van der Waals surface area contributed by atoms with E-state index >= 15 is 0 Å². The third-order valence-electron chi connectivity index (χ3n) is 21.6. The van der Waals surface area contributed by atoms with Crippen molar-refractivity contribution in [1.82, 2.24) is 9.13 Å². The summed E-state index contributed by atoms with van der Waals surface area (Å²) in [6.07, 6.45) is 0. The lowest BCUT2D eigenvalue weighted by Crippen LogP contribution is -2.16. The molecular weight excluding hydrogens is 1270 g/mol. The van der Waals surface area contributed by atoms with Gasteiger partial charge < -0.3 is 18.9 Å². The summed E-state index contributed by atoms with van der Waals surface area (Å²) in [6.45, 7) is 4.70. The summed E-state index contributed by atoms with van der Waals surface area (Å²) in [5.41, 5.74) is 28.9. The number of para-hydroxylation sites is 4. The minimum Gasteiger partial charge on any atom is -0.311 e. The zero-order chi connectivity index (χ0) is 70.0. The second-order valence-electron chi connectivity index (χ2n) is 28.0. The van der Waals surface area contributed by atoms with Crippen LogP contribution < -0.4 is 9.80 Å². The van der Waals surface area contributed by atoms with E-state index in [2.05, 4.69) is 433 Å². The summed E-state index contributed by atoms with van der Waals surface area (Å²) >= 11 is 0. The van der Waals surface area contributed by atoms with Gasteiger partial charge in [0.05, 0.1) is 22.1 Å². The molecule has 20 rings (SSSR count). The van der Waals surface area contributed by atoms with E-state index in [1.54, 1.807) is 0 Å². The van der Waals surface area contributed by atoms with E-state index in [1.165, 1.54) is 132 Å². The van der Waals surface area contributed by atoms with Crippen molar-refractivity contribution in [1.29, 1.82) is 0 Å². The van der Waals surface area contributed by atoms with Crippen molar-refractivity contribution in [3.8, 4) is 67.0 Å². The highest BCUT2D eigenvalue weighted by Crippen LogP contribution is 2.51. The monoisotopic (exact) mass is 1340 g/mol. The van der Waals surface area contributed by atoms with Gasteiger partial charge >= 0.3 is 0 Å². The van der Waals surface area contributed by atoms with E-state index in [0.29, 0.717) is 0 Å². The average Bonchev–Trinajstić information content (AvgIpc) is 1.59. The van der Waals surface area contributed by atoms with Gasteiger partial charge in [0.1, 0.15) is 0 Å². The third kappa shape index (κ3) is 11.2. The molecule has 0 saturated carbocycles. The lowest BCUT2D eigenvalue weighted by molar-refractivity contribution is 0.660. The first-order valence-corrected chi connectivity index (χ1v) is 36.3. The summed E-state index contributed by atoms with van der Waals surface area (Å²) in [5.74, 6) is 0. The topological polar surface area (TPSA) is 16.3 Å². The second kappa shape index (κ2) is 26.1. The lowest BCUT2D eigenvalue weighted by Gasteiger charge is -2.28. The molecule has 19 aromatic rings. The Kier molecular flexibility index (Phi) is 15.5. The molecule has 0 spiro atoms. The molecule has 105 heavy (non-hydrogen) atoms. The number of hydrogen-bond acceptors (Lipinski definition) is 2. The molecule has 0 N–H and O–H groups in total. The Morgan fingerprint density at radius 1 is 0.210 bits per heavy atom. The maximum absolute atomic E-state index is 2.40. The molecule has 1 aliphatic carbocycles. The molecule has 0 radical (unpaired) electrons. The number of hydrogen-bond donors (Lipinski definition) is 0. The van der Waals surface area contributed by atoms with Crippen molar-refractivity contribution in [3.63, 3.8) is 0 Å². The predicted octanol–water partition coefficient (Wildman–Crippen LogP) is 27.8. The molecule has 0 fully saturated rings.